The molecule has 2 aromatic heterocycles. The summed E-state index contributed by atoms with van der Waals surface area (Å²) < 4.78 is 5.80. The number of nitrogens with zero attached hydrogens (tertiary/aromatic N) is 4. The molecule has 3 heterocycles. The van der Waals surface area contributed by atoms with E-state index in [-0.39, 0.29) is 0 Å². The minimum absolute atomic E-state index is 0.427. The molecule has 124 valence electrons. The summed E-state index contributed by atoms with van der Waals surface area (Å²) in [5.41, 5.74) is 0. The standard InChI is InChI=1S/C16H21ClN4OS/c1-11(2)15-19-20-16(23-15)21-8-4-5-12(9-21)10-22-14-13(17)6-3-7-18-14/h3,6-7,11-12H,4-5,8-10H2,1-2H3. The second-order valence-corrected chi connectivity index (χ2v) is 7.53. The largest absolute Gasteiger partial charge is 0.476 e. The number of hydrogen-bond acceptors (Lipinski definition) is 6. The van der Waals surface area contributed by atoms with Crippen LogP contribution in [0.5, 0.6) is 5.88 Å². The van der Waals surface area contributed by atoms with Gasteiger partial charge in [0.05, 0.1) is 6.61 Å². The quantitative estimate of drug-likeness (QED) is 0.813. The van der Waals surface area contributed by atoms with Gasteiger partial charge in [0.2, 0.25) is 11.0 Å². The Labute approximate surface area is 145 Å². The van der Waals surface area contributed by atoms with Gasteiger partial charge in [0, 0.05) is 31.1 Å². The molecule has 0 spiro atoms. The summed E-state index contributed by atoms with van der Waals surface area (Å²) in [4.78, 5) is 6.50. The molecule has 3 rings (SSSR count). The SMILES string of the molecule is CC(C)c1nnc(N2CCCC(COc3ncccc3Cl)C2)s1. The zero-order valence-electron chi connectivity index (χ0n) is 13.4. The van der Waals surface area contributed by atoms with Gasteiger partial charge < -0.3 is 9.64 Å². The molecule has 1 fully saturated rings. The topological polar surface area (TPSA) is 51.1 Å². The maximum atomic E-state index is 6.08. The highest BCUT2D eigenvalue weighted by molar-refractivity contribution is 7.15. The van der Waals surface area contributed by atoms with Gasteiger partial charge in [-0.25, -0.2) is 4.98 Å². The van der Waals surface area contributed by atoms with Crippen LogP contribution in [0.1, 0.15) is 37.6 Å². The molecule has 1 aliphatic rings. The molecular formula is C16H21ClN4OS. The van der Waals surface area contributed by atoms with E-state index in [0.29, 0.717) is 29.3 Å². The van der Waals surface area contributed by atoms with Crippen molar-refractivity contribution in [2.45, 2.75) is 32.6 Å². The monoisotopic (exact) mass is 352 g/mol. The highest BCUT2D eigenvalue weighted by atomic mass is 35.5. The minimum atomic E-state index is 0.427. The third kappa shape index (κ3) is 4.12. The molecule has 2 aromatic rings. The van der Waals surface area contributed by atoms with E-state index in [1.54, 1.807) is 29.7 Å². The van der Waals surface area contributed by atoms with Crippen molar-refractivity contribution in [3.63, 3.8) is 0 Å². The maximum Gasteiger partial charge on any atom is 0.232 e. The van der Waals surface area contributed by atoms with Gasteiger partial charge in [-0.1, -0.05) is 36.8 Å². The van der Waals surface area contributed by atoms with Gasteiger partial charge in [0.15, 0.2) is 0 Å². The van der Waals surface area contributed by atoms with Crippen molar-refractivity contribution in [1.29, 1.82) is 0 Å². The van der Waals surface area contributed by atoms with E-state index in [1.165, 1.54) is 0 Å². The Balaban J connectivity index is 1.58. The lowest BCUT2D eigenvalue weighted by Gasteiger charge is -2.32. The van der Waals surface area contributed by atoms with E-state index in [2.05, 4.69) is 33.9 Å². The average molecular weight is 353 g/mol. The number of rotatable bonds is 5. The Morgan fingerprint density at radius 2 is 2.30 bits per heavy atom. The lowest BCUT2D eigenvalue weighted by atomic mass is 9.99. The van der Waals surface area contributed by atoms with Crippen molar-refractivity contribution < 1.29 is 4.74 Å². The molecule has 5 nitrogen and oxygen atoms in total. The van der Waals surface area contributed by atoms with Crippen LogP contribution in [0.2, 0.25) is 5.02 Å². The maximum absolute atomic E-state index is 6.08. The van der Waals surface area contributed by atoms with Gasteiger partial charge in [-0.2, -0.15) is 0 Å². The Bertz CT molecular complexity index is 649. The Morgan fingerprint density at radius 3 is 3.04 bits per heavy atom. The number of anilines is 1. The molecule has 1 saturated heterocycles. The van der Waals surface area contributed by atoms with Gasteiger partial charge in [-0.15, -0.1) is 10.2 Å². The molecule has 23 heavy (non-hydrogen) atoms. The van der Waals surface area contributed by atoms with E-state index < -0.39 is 0 Å². The second-order valence-electron chi connectivity index (χ2n) is 6.13. The van der Waals surface area contributed by atoms with E-state index in [4.69, 9.17) is 16.3 Å². The summed E-state index contributed by atoms with van der Waals surface area (Å²) in [7, 11) is 0. The molecule has 0 bridgehead atoms. The summed E-state index contributed by atoms with van der Waals surface area (Å²) in [6, 6.07) is 3.60. The van der Waals surface area contributed by atoms with Crippen LogP contribution in [-0.2, 0) is 0 Å². The predicted molar refractivity (Wildman–Crippen MR) is 93.7 cm³/mol. The lowest BCUT2D eigenvalue weighted by molar-refractivity contribution is 0.222. The van der Waals surface area contributed by atoms with Crippen LogP contribution in [0, 0.1) is 5.92 Å². The summed E-state index contributed by atoms with van der Waals surface area (Å²) in [5.74, 6) is 1.40. The number of piperidine rings is 1. The van der Waals surface area contributed by atoms with Crippen LogP contribution < -0.4 is 9.64 Å². The summed E-state index contributed by atoms with van der Waals surface area (Å²) in [6.07, 6.45) is 3.99. The fourth-order valence-corrected chi connectivity index (χ4v) is 3.69. The first-order chi connectivity index (χ1) is 11.1. The number of aromatic nitrogens is 3. The Kier molecular flexibility index (Phi) is 5.33. The normalized spacial score (nSPS) is 18.4. The molecule has 0 amide bonds. The van der Waals surface area contributed by atoms with E-state index >= 15 is 0 Å². The van der Waals surface area contributed by atoms with E-state index in [1.807, 2.05) is 0 Å². The van der Waals surface area contributed by atoms with Crippen LogP contribution in [0.3, 0.4) is 0 Å². The third-order valence-corrected chi connectivity index (χ3v) is 5.47. The van der Waals surface area contributed by atoms with E-state index in [0.717, 1.165) is 36.1 Å². The molecular weight excluding hydrogens is 332 g/mol. The molecule has 7 heteroatoms. The van der Waals surface area contributed by atoms with Gasteiger partial charge in [0.25, 0.3) is 0 Å². The van der Waals surface area contributed by atoms with Crippen LogP contribution in [-0.4, -0.2) is 34.9 Å². The second kappa shape index (κ2) is 7.45. The highest BCUT2D eigenvalue weighted by Crippen LogP contribution is 2.29. The van der Waals surface area contributed by atoms with Crippen molar-refractivity contribution in [1.82, 2.24) is 15.2 Å². The van der Waals surface area contributed by atoms with Crippen LogP contribution in [0.25, 0.3) is 0 Å². The molecule has 0 saturated carbocycles. The first kappa shape index (κ1) is 16.5. The summed E-state index contributed by atoms with van der Waals surface area (Å²) >= 11 is 7.78. The van der Waals surface area contributed by atoms with Crippen molar-refractivity contribution in [3.05, 3.63) is 28.4 Å². The van der Waals surface area contributed by atoms with Gasteiger partial charge in [0.1, 0.15) is 10.0 Å². The zero-order valence-corrected chi connectivity index (χ0v) is 15.0. The molecule has 1 unspecified atom stereocenters. The van der Waals surface area contributed by atoms with Gasteiger partial charge in [-0.05, 0) is 25.0 Å². The van der Waals surface area contributed by atoms with Crippen molar-refractivity contribution >= 4 is 28.1 Å². The zero-order chi connectivity index (χ0) is 16.2. The molecule has 0 radical (unpaired) electrons. The van der Waals surface area contributed by atoms with Gasteiger partial charge >= 0.3 is 0 Å². The molecule has 1 atom stereocenters. The Morgan fingerprint density at radius 1 is 1.43 bits per heavy atom. The van der Waals surface area contributed by atoms with Crippen LogP contribution >= 0.6 is 22.9 Å². The number of hydrogen-bond donors (Lipinski definition) is 0. The summed E-state index contributed by atoms with van der Waals surface area (Å²) in [6.45, 7) is 6.90. The van der Waals surface area contributed by atoms with E-state index in [9.17, 15) is 0 Å². The first-order valence-corrected chi connectivity index (χ1v) is 9.14. The fourth-order valence-electron chi connectivity index (χ4n) is 2.64. The minimum Gasteiger partial charge on any atom is -0.476 e. The average Bonchev–Trinajstić information content (AvgIpc) is 3.05. The predicted octanol–water partition coefficient (Wildman–Crippen LogP) is 4.01. The molecule has 0 aliphatic carbocycles. The molecule has 0 aromatic carbocycles. The smallest absolute Gasteiger partial charge is 0.232 e. The molecule has 1 aliphatic heterocycles. The van der Waals surface area contributed by atoms with Crippen molar-refractivity contribution in [2.24, 2.45) is 5.92 Å². The number of ether oxygens (including phenoxy) is 1. The Hall–Kier alpha value is -1.40. The van der Waals surface area contributed by atoms with Gasteiger partial charge in [-0.3, -0.25) is 0 Å². The number of pyridine rings is 1. The molecule has 0 N–H and O–H groups in total. The lowest BCUT2D eigenvalue weighted by Crippen LogP contribution is -2.37. The number of halogens is 1. The highest BCUT2D eigenvalue weighted by Gasteiger charge is 2.24. The first-order valence-electron chi connectivity index (χ1n) is 7.95. The van der Waals surface area contributed by atoms with Crippen molar-refractivity contribution in [3.8, 4) is 5.88 Å². The van der Waals surface area contributed by atoms with Crippen molar-refractivity contribution in [2.75, 3.05) is 24.6 Å². The van der Waals surface area contributed by atoms with Crippen LogP contribution in [0.4, 0.5) is 5.13 Å². The fraction of sp³-hybridized carbons (Fsp3) is 0.562. The summed E-state index contributed by atoms with van der Waals surface area (Å²) in [5, 5.41) is 11.3. The van der Waals surface area contributed by atoms with Crippen LogP contribution in [0.15, 0.2) is 18.3 Å². The third-order valence-electron chi connectivity index (χ3n) is 3.89.